The van der Waals surface area contributed by atoms with E-state index in [0.717, 1.165) is 12.5 Å². The van der Waals surface area contributed by atoms with Gasteiger partial charge in [0.05, 0.1) is 5.25 Å². The van der Waals surface area contributed by atoms with Gasteiger partial charge in [-0.1, -0.05) is 0 Å². The van der Waals surface area contributed by atoms with E-state index in [0.29, 0.717) is 19.6 Å². The third kappa shape index (κ3) is 5.25. The quantitative estimate of drug-likeness (QED) is 0.567. The summed E-state index contributed by atoms with van der Waals surface area (Å²) in [4.78, 5) is 0. The summed E-state index contributed by atoms with van der Waals surface area (Å²) in [7, 11) is -3.23. The van der Waals surface area contributed by atoms with Gasteiger partial charge in [-0.2, -0.15) is 0 Å². The molecular weight excluding hydrogens is 228 g/mol. The van der Waals surface area contributed by atoms with Gasteiger partial charge in [-0.25, -0.2) is 13.1 Å². The fourth-order valence-electron chi connectivity index (χ4n) is 1.19. The van der Waals surface area contributed by atoms with Crippen molar-refractivity contribution in [2.24, 2.45) is 11.7 Å². The Morgan fingerprint density at radius 1 is 1.50 bits per heavy atom. The Kier molecular flexibility index (Phi) is 5.68. The van der Waals surface area contributed by atoms with Gasteiger partial charge in [-0.3, -0.25) is 0 Å². The number of nitrogens with one attached hydrogen (secondary N) is 1. The van der Waals surface area contributed by atoms with Crippen molar-refractivity contribution >= 4 is 10.0 Å². The average molecular weight is 250 g/mol. The second-order valence-corrected chi connectivity index (χ2v) is 6.54. The lowest BCUT2D eigenvalue weighted by molar-refractivity contribution is 0.123. The molecule has 16 heavy (non-hydrogen) atoms. The van der Waals surface area contributed by atoms with Crippen molar-refractivity contribution in [1.29, 1.82) is 0 Å². The molecule has 0 aromatic carbocycles. The molecule has 0 aromatic heterocycles. The smallest absolute Gasteiger partial charge is 0.215 e. The van der Waals surface area contributed by atoms with Crippen molar-refractivity contribution in [3.8, 4) is 0 Å². The van der Waals surface area contributed by atoms with E-state index in [1.807, 2.05) is 0 Å². The summed E-state index contributed by atoms with van der Waals surface area (Å²) < 4.78 is 30.9. The molecular formula is C10H22N2O3S. The lowest BCUT2D eigenvalue weighted by Crippen LogP contribution is -2.37. The highest BCUT2D eigenvalue weighted by Crippen LogP contribution is 2.28. The zero-order valence-corrected chi connectivity index (χ0v) is 10.6. The van der Waals surface area contributed by atoms with Crippen LogP contribution in [-0.2, 0) is 14.8 Å². The molecule has 96 valence electrons. The second kappa shape index (κ2) is 6.54. The maximum absolute atomic E-state index is 11.5. The van der Waals surface area contributed by atoms with Gasteiger partial charge in [0, 0.05) is 26.3 Å². The molecule has 0 spiro atoms. The Hall–Kier alpha value is -0.170. The first-order valence-corrected chi connectivity index (χ1v) is 7.37. The highest BCUT2D eigenvalue weighted by atomic mass is 32.2. The van der Waals surface area contributed by atoms with Gasteiger partial charge in [0.15, 0.2) is 0 Å². The van der Waals surface area contributed by atoms with Crippen LogP contribution in [-0.4, -0.2) is 40.0 Å². The van der Waals surface area contributed by atoms with Crippen LogP contribution >= 0.6 is 0 Å². The molecule has 1 unspecified atom stereocenters. The number of nitrogens with two attached hydrogens (primary N) is 1. The van der Waals surface area contributed by atoms with Crippen molar-refractivity contribution < 1.29 is 13.2 Å². The molecule has 1 rings (SSSR count). The lowest BCUT2D eigenvalue weighted by Gasteiger charge is -2.11. The van der Waals surface area contributed by atoms with Gasteiger partial charge in [0.25, 0.3) is 0 Å². The number of hydrogen-bond donors (Lipinski definition) is 2. The first-order chi connectivity index (χ1) is 7.56. The molecule has 1 saturated carbocycles. The first-order valence-electron chi connectivity index (χ1n) is 5.82. The van der Waals surface area contributed by atoms with E-state index < -0.39 is 15.3 Å². The van der Waals surface area contributed by atoms with Crippen LogP contribution in [0.15, 0.2) is 0 Å². The van der Waals surface area contributed by atoms with Gasteiger partial charge in [-0.15, -0.1) is 0 Å². The summed E-state index contributed by atoms with van der Waals surface area (Å²) in [5, 5.41) is -0.528. The summed E-state index contributed by atoms with van der Waals surface area (Å²) in [6.45, 7) is 3.62. The fourth-order valence-corrected chi connectivity index (χ4v) is 2.16. The zero-order valence-electron chi connectivity index (χ0n) is 9.81. The Morgan fingerprint density at radius 2 is 2.19 bits per heavy atom. The van der Waals surface area contributed by atoms with E-state index in [4.69, 9.17) is 10.5 Å². The zero-order chi connectivity index (χ0) is 12.0. The highest BCUT2D eigenvalue weighted by molar-refractivity contribution is 7.90. The van der Waals surface area contributed by atoms with E-state index in [2.05, 4.69) is 4.72 Å². The highest BCUT2D eigenvalue weighted by Gasteiger charge is 2.21. The topological polar surface area (TPSA) is 81.4 Å². The van der Waals surface area contributed by atoms with E-state index in [1.54, 1.807) is 6.92 Å². The summed E-state index contributed by atoms with van der Waals surface area (Å²) in [6, 6.07) is 0. The van der Waals surface area contributed by atoms with Crippen molar-refractivity contribution in [3.63, 3.8) is 0 Å². The van der Waals surface area contributed by atoms with Crippen LogP contribution in [0.3, 0.4) is 0 Å². The predicted molar refractivity (Wildman–Crippen MR) is 63.6 cm³/mol. The van der Waals surface area contributed by atoms with E-state index in [1.165, 1.54) is 12.8 Å². The van der Waals surface area contributed by atoms with Crippen LogP contribution in [0.25, 0.3) is 0 Å². The predicted octanol–water partition coefficient (Wildman–Crippen LogP) is 0.0697. The van der Waals surface area contributed by atoms with Crippen molar-refractivity contribution in [1.82, 2.24) is 4.72 Å². The molecule has 1 aliphatic carbocycles. The normalized spacial score (nSPS) is 18.6. The molecule has 0 amide bonds. The largest absolute Gasteiger partial charge is 0.381 e. The Balaban J connectivity index is 2.00. The SMILES string of the molecule is CC(CN)S(=O)(=O)NCCCOCC1CC1. The number of rotatable bonds is 9. The minimum absolute atomic E-state index is 0.146. The number of ether oxygens (including phenoxy) is 1. The van der Waals surface area contributed by atoms with Crippen molar-refractivity contribution in [2.75, 3.05) is 26.3 Å². The van der Waals surface area contributed by atoms with Crippen LogP contribution in [0.4, 0.5) is 0 Å². The van der Waals surface area contributed by atoms with E-state index in [9.17, 15) is 8.42 Å². The lowest BCUT2D eigenvalue weighted by atomic mass is 10.4. The van der Waals surface area contributed by atoms with Crippen LogP contribution in [0, 0.1) is 5.92 Å². The van der Waals surface area contributed by atoms with Gasteiger partial charge < -0.3 is 10.5 Å². The standard InChI is InChI=1S/C10H22N2O3S/c1-9(7-11)16(13,14)12-5-2-6-15-8-10-3-4-10/h9-10,12H,2-8,11H2,1H3. The molecule has 6 heteroatoms. The third-order valence-electron chi connectivity index (χ3n) is 2.68. The average Bonchev–Trinajstić information content (AvgIpc) is 3.05. The van der Waals surface area contributed by atoms with Gasteiger partial charge >= 0.3 is 0 Å². The maximum atomic E-state index is 11.5. The van der Waals surface area contributed by atoms with E-state index in [-0.39, 0.29) is 6.54 Å². The van der Waals surface area contributed by atoms with Crippen LogP contribution in [0.1, 0.15) is 26.2 Å². The minimum Gasteiger partial charge on any atom is -0.381 e. The van der Waals surface area contributed by atoms with Crippen LogP contribution in [0.5, 0.6) is 0 Å². The summed E-state index contributed by atoms with van der Waals surface area (Å²) in [5.74, 6) is 0.758. The van der Waals surface area contributed by atoms with Gasteiger partial charge in [0.1, 0.15) is 0 Å². The molecule has 1 atom stereocenters. The molecule has 0 radical (unpaired) electrons. The van der Waals surface area contributed by atoms with Crippen molar-refractivity contribution in [3.05, 3.63) is 0 Å². The van der Waals surface area contributed by atoms with Crippen molar-refractivity contribution in [2.45, 2.75) is 31.4 Å². The summed E-state index contributed by atoms with van der Waals surface area (Å²) in [6.07, 6.45) is 3.27. The fraction of sp³-hybridized carbons (Fsp3) is 1.00. The molecule has 3 N–H and O–H groups in total. The molecule has 5 nitrogen and oxygen atoms in total. The summed E-state index contributed by atoms with van der Waals surface area (Å²) >= 11 is 0. The third-order valence-corrected chi connectivity index (χ3v) is 4.54. The Bertz CT molecular complexity index is 288. The van der Waals surface area contributed by atoms with Gasteiger partial charge in [0.2, 0.25) is 10.0 Å². The molecule has 0 aromatic rings. The first kappa shape index (κ1) is 13.9. The Morgan fingerprint density at radius 3 is 2.75 bits per heavy atom. The van der Waals surface area contributed by atoms with Crippen LogP contribution in [0.2, 0.25) is 0 Å². The number of sulfonamides is 1. The summed E-state index contributed by atoms with van der Waals surface area (Å²) in [5.41, 5.74) is 5.31. The number of hydrogen-bond acceptors (Lipinski definition) is 4. The molecule has 0 bridgehead atoms. The molecule has 0 saturated heterocycles. The maximum Gasteiger partial charge on any atom is 0.215 e. The molecule has 0 heterocycles. The van der Waals surface area contributed by atoms with Gasteiger partial charge in [-0.05, 0) is 32.1 Å². The molecule has 0 aliphatic heterocycles. The second-order valence-electron chi connectivity index (χ2n) is 4.36. The monoisotopic (exact) mass is 250 g/mol. The molecule has 1 aliphatic rings. The van der Waals surface area contributed by atoms with Crippen LogP contribution < -0.4 is 10.5 Å². The Labute approximate surface area is 97.8 Å². The van der Waals surface area contributed by atoms with E-state index >= 15 is 0 Å². The minimum atomic E-state index is -3.23. The molecule has 1 fully saturated rings.